The Hall–Kier alpha value is -2.30. The van der Waals surface area contributed by atoms with Crippen molar-refractivity contribution in [2.24, 2.45) is 0 Å². The van der Waals surface area contributed by atoms with Crippen LogP contribution in [0.1, 0.15) is 49.5 Å². The van der Waals surface area contributed by atoms with Gasteiger partial charge in [0.2, 0.25) is 0 Å². The molecule has 0 spiro atoms. The molecule has 2 aliphatic heterocycles. The zero-order chi connectivity index (χ0) is 17.1. The lowest BCUT2D eigenvalue weighted by Crippen LogP contribution is -2.43. The lowest BCUT2D eigenvalue weighted by atomic mass is 10.1. The molecule has 126 valence electrons. The van der Waals surface area contributed by atoms with Gasteiger partial charge >= 0.3 is 6.09 Å². The fourth-order valence-corrected chi connectivity index (χ4v) is 3.91. The van der Waals surface area contributed by atoms with E-state index in [2.05, 4.69) is 0 Å². The fraction of sp³-hybridized carbons (Fsp3) is 0.474. The first-order chi connectivity index (χ1) is 11.3. The van der Waals surface area contributed by atoms with Crippen molar-refractivity contribution in [2.45, 2.75) is 57.8 Å². The van der Waals surface area contributed by atoms with Crippen molar-refractivity contribution >= 4 is 12.0 Å². The molecule has 2 heterocycles. The van der Waals surface area contributed by atoms with Crippen LogP contribution in [0.25, 0.3) is 0 Å². The number of hydrogen-bond donors (Lipinski definition) is 0. The molecule has 2 amide bonds. The smallest absolute Gasteiger partial charge is 0.414 e. The summed E-state index contributed by atoms with van der Waals surface area (Å²) in [5, 5.41) is 0. The molecule has 4 rings (SSSR count). The van der Waals surface area contributed by atoms with Gasteiger partial charge < -0.3 is 9.64 Å². The van der Waals surface area contributed by atoms with Crippen LogP contribution >= 0.6 is 0 Å². The van der Waals surface area contributed by atoms with Crippen molar-refractivity contribution in [3.05, 3.63) is 47.2 Å². The van der Waals surface area contributed by atoms with Crippen LogP contribution in [-0.4, -0.2) is 39.5 Å². The standard InChI is InChI=1S/C19H22N2O3/c1-19(2,3)24-18(23)20-11-13-8-14(20)9-16(13)21-10-12-6-4-5-7-15(12)17(21)22/h4-7,11,14,16H,8-10H2,1-3H3/t14-,16+/m0/s1. The average Bonchev–Trinajstić information content (AvgIpc) is 3.18. The van der Waals surface area contributed by atoms with Crippen molar-refractivity contribution in [3.63, 3.8) is 0 Å². The summed E-state index contributed by atoms with van der Waals surface area (Å²) in [6.07, 6.45) is 3.23. The van der Waals surface area contributed by atoms with Gasteiger partial charge in [0.15, 0.2) is 0 Å². The van der Waals surface area contributed by atoms with E-state index in [0.29, 0.717) is 6.54 Å². The van der Waals surface area contributed by atoms with Crippen molar-refractivity contribution in [1.82, 2.24) is 9.80 Å². The number of fused-ring (bicyclic) bond motifs is 3. The summed E-state index contributed by atoms with van der Waals surface area (Å²) < 4.78 is 5.47. The van der Waals surface area contributed by atoms with Crippen molar-refractivity contribution in [3.8, 4) is 0 Å². The van der Waals surface area contributed by atoms with Crippen LogP contribution in [0.4, 0.5) is 4.79 Å². The number of rotatable bonds is 1. The maximum Gasteiger partial charge on any atom is 0.414 e. The number of hydrogen-bond acceptors (Lipinski definition) is 3. The summed E-state index contributed by atoms with van der Waals surface area (Å²) in [4.78, 5) is 28.6. The predicted octanol–water partition coefficient (Wildman–Crippen LogP) is 3.31. The lowest BCUT2D eigenvalue weighted by molar-refractivity contribution is 0.0269. The van der Waals surface area contributed by atoms with Gasteiger partial charge in [-0.1, -0.05) is 18.2 Å². The third-order valence-corrected chi connectivity index (χ3v) is 4.92. The Bertz CT molecular complexity index is 747. The highest BCUT2D eigenvalue weighted by molar-refractivity contribution is 5.98. The molecule has 5 nitrogen and oxygen atoms in total. The van der Waals surface area contributed by atoms with Gasteiger partial charge in [-0.2, -0.15) is 0 Å². The summed E-state index contributed by atoms with van der Waals surface area (Å²) in [5.41, 5.74) is 2.57. The van der Waals surface area contributed by atoms with E-state index in [1.165, 1.54) is 0 Å². The van der Waals surface area contributed by atoms with Gasteiger partial charge in [-0.25, -0.2) is 4.79 Å². The van der Waals surface area contributed by atoms with Gasteiger partial charge in [-0.3, -0.25) is 9.69 Å². The molecule has 2 bridgehead atoms. The molecule has 1 fully saturated rings. The molecule has 0 saturated heterocycles. The minimum Gasteiger partial charge on any atom is -0.443 e. The van der Waals surface area contributed by atoms with E-state index in [4.69, 9.17) is 4.74 Å². The third-order valence-electron chi connectivity index (χ3n) is 4.92. The first-order valence-corrected chi connectivity index (χ1v) is 8.44. The number of amides is 2. The highest BCUT2D eigenvalue weighted by atomic mass is 16.6. The zero-order valence-electron chi connectivity index (χ0n) is 14.3. The minimum absolute atomic E-state index is 0.105. The molecule has 0 N–H and O–H groups in total. The highest BCUT2D eigenvalue weighted by Crippen LogP contribution is 2.42. The monoisotopic (exact) mass is 326 g/mol. The Morgan fingerprint density at radius 2 is 2.00 bits per heavy atom. The predicted molar refractivity (Wildman–Crippen MR) is 89.3 cm³/mol. The van der Waals surface area contributed by atoms with E-state index in [0.717, 1.165) is 29.5 Å². The van der Waals surface area contributed by atoms with Crippen molar-refractivity contribution < 1.29 is 14.3 Å². The highest BCUT2D eigenvalue weighted by Gasteiger charge is 2.46. The molecule has 0 aromatic heterocycles. The Labute approximate surface area is 141 Å². The Kier molecular flexibility index (Phi) is 3.24. The van der Waals surface area contributed by atoms with Crippen LogP contribution in [0.15, 0.2) is 36.0 Å². The quantitative estimate of drug-likeness (QED) is 0.795. The number of carbonyl (C=O) groups excluding carboxylic acids is 2. The van der Waals surface area contributed by atoms with Gasteiger partial charge in [0, 0.05) is 24.4 Å². The molecule has 2 atom stereocenters. The van der Waals surface area contributed by atoms with E-state index in [-0.39, 0.29) is 24.1 Å². The summed E-state index contributed by atoms with van der Waals surface area (Å²) in [7, 11) is 0. The molecule has 3 aliphatic rings. The van der Waals surface area contributed by atoms with Gasteiger partial charge in [0.1, 0.15) is 5.60 Å². The average molecular weight is 326 g/mol. The zero-order valence-corrected chi connectivity index (χ0v) is 14.3. The SMILES string of the molecule is CC(C)(C)OC(=O)N1C=C2C[C@H]1C[C@H]2N1Cc2ccccc2C1=O. The van der Waals surface area contributed by atoms with E-state index < -0.39 is 5.60 Å². The van der Waals surface area contributed by atoms with Crippen LogP contribution in [0.5, 0.6) is 0 Å². The molecule has 1 saturated carbocycles. The molecular formula is C19H22N2O3. The van der Waals surface area contributed by atoms with Crippen LogP contribution in [0, 0.1) is 0 Å². The van der Waals surface area contributed by atoms with E-state index in [1.54, 1.807) is 4.90 Å². The van der Waals surface area contributed by atoms with Gasteiger partial charge in [0.25, 0.3) is 5.91 Å². The Morgan fingerprint density at radius 1 is 1.25 bits per heavy atom. The fourth-order valence-electron chi connectivity index (χ4n) is 3.91. The molecule has 1 aromatic rings. The van der Waals surface area contributed by atoms with E-state index >= 15 is 0 Å². The van der Waals surface area contributed by atoms with Gasteiger partial charge in [-0.15, -0.1) is 0 Å². The summed E-state index contributed by atoms with van der Waals surface area (Å²) in [6, 6.07) is 8.00. The normalized spacial score (nSPS) is 25.1. The lowest BCUT2D eigenvalue weighted by Gasteiger charge is -2.32. The van der Waals surface area contributed by atoms with Crippen LogP contribution in [-0.2, 0) is 11.3 Å². The first-order valence-electron chi connectivity index (χ1n) is 8.44. The summed E-state index contributed by atoms with van der Waals surface area (Å²) in [6.45, 7) is 6.27. The largest absolute Gasteiger partial charge is 0.443 e. The number of carbonyl (C=O) groups is 2. The number of nitrogens with zero attached hydrogens (tertiary/aromatic N) is 2. The summed E-state index contributed by atoms with van der Waals surface area (Å²) in [5.74, 6) is 0.105. The first kappa shape index (κ1) is 15.2. The molecule has 1 aromatic carbocycles. The second-order valence-corrected chi connectivity index (χ2v) is 7.79. The summed E-state index contributed by atoms with van der Waals surface area (Å²) >= 11 is 0. The van der Waals surface area contributed by atoms with Crippen LogP contribution in [0.3, 0.4) is 0 Å². The Balaban J connectivity index is 1.51. The molecule has 0 radical (unpaired) electrons. The molecule has 1 aliphatic carbocycles. The minimum atomic E-state index is -0.497. The van der Waals surface area contributed by atoms with Crippen LogP contribution < -0.4 is 0 Å². The third kappa shape index (κ3) is 2.39. The second-order valence-electron chi connectivity index (χ2n) is 7.79. The molecule has 0 unspecified atom stereocenters. The molecule has 24 heavy (non-hydrogen) atoms. The van der Waals surface area contributed by atoms with Crippen LogP contribution in [0.2, 0.25) is 0 Å². The van der Waals surface area contributed by atoms with Gasteiger partial charge in [0.05, 0.1) is 6.04 Å². The number of benzene rings is 1. The van der Waals surface area contributed by atoms with Crippen molar-refractivity contribution in [1.29, 1.82) is 0 Å². The maximum atomic E-state index is 12.7. The molecular weight excluding hydrogens is 304 g/mol. The number of ether oxygens (including phenoxy) is 1. The van der Waals surface area contributed by atoms with E-state index in [1.807, 2.05) is 56.1 Å². The topological polar surface area (TPSA) is 49.9 Å². The van der Waals surface area contributed by atoms with E-state index in [9.17, 15) is 9.59 Å². The Morgan fingerprint density at radius 3 is 2.62 bits per heavy atom. The molecule has 5 heteroatoms. The maximum absolute atomic E-state index is 12.7. The van der Waals surface area contributed by atoms with Crippen molar-refractivity contribution in [2.75, 3.05) is 0 Å². The second kappa shape index (κ2) is 5.10. The van der Waals surface area contributed by atoms with Gasteiger partial charge in [-0.05, 0) is 50.8 Å².